The van der Waals surface area contributed by atoms with Crippen molar-refractivity contribution in [2.75, 3.05) is 13.2 Å². The van der Waals surface area contributed by atoms with Gasteiger partial charge in [0.05, 0.1) is 26.2 Å². The third-order valence-electron chi connectivity index (χ3n) is 5.58. The van der Waals surface area contributed by atoms with Crippen molar-refractivity contribution >= 4 is 5.97 Å². The third-order valence-corrected chi connectivity index (χ3v) is 5.58. The molecule has 0 amide bonds. The van der Waals surface area contributed by atoms with E-state index >= 15 is 4.39 Å². The van der Waals surface area contributed by atoms with Crippen molar-refractivity contribution in [1.29, 1.82) is 0 Å². The zero-order chi connectivity index (χ0) is 22.5. The number of rotatable bonds is 10. The van der Waals surface area contributed by atoms with Gasteiger partial charge in [-0.15, -0.1) is 6.58 Å². The van der Waals surface area contributed by atoms with E-state index in [0.29, 0.717) is 24.3 Å². The fraction of sp³-hybridized carbons (Fsp3) is 0.423. The van der Waals surface area contributed by atoms with E-state index in [-0.39, 0.29) is 24.8 Å². The minimum atomic E-state index is -0.761. The SMILES string of the molecule is C=CCOCc1cc(C)cc(C)c1-c1cc(C2CC2)c(F)c([C@@H](N)CC(=O)OCC)c1. The van der Waals surface area contributed by atoms with Gasteiger partial charge in [-0.2, -0.15) is 0 Å². The van der Waals surface area contributed by atoms with Gasteiger partial charge in [0.1, 0.15) is 5.82 Å². The lowest BCUT2D eigenvalue weighted by Gasteiger charge is -2.20. The lowest BCUT2D eigenvalue weighted by molar-refractivity contribution is -0.143. The van der Waals surface area contributed by atoms with Crippen molar-refractivity contribution in [2.45, 2.75) is 58.6 Å². The fourth-order valence-electron chi connectivity index (χ4n) is 4.12. The summed E-state index contributed by atoms with van der Waals surface area (Å²) in [6, 6.07) is 7.19. The molecule has 166 valence electrons. The van der Waals surface area contributed by atoms with Crippen LogP contribution in [0.15, 0.2) is 36.9 Å². The average Bonchev–Trinajstić information content (AvgIpc) is 3.53. The van der Waals surface area contributed by atoms with E-state index in [0.717, 1.165) is 40.7 Å². The normalized spacial score (nSPS) is 14.4. The molecule has 1 atom stereocenters. The molecule has 0 spiro atoms. The van der Waals surface area contributed by atoms with E-state index in [2.05, 4.69) is 32.6 Å². The second kappa shape index (κ2) is 10.2. The van der Waals surface area contributed by atoms with Crippen LogP contribution in [0.2, 0.25) is 0 Å². The summed E-state index contributed by atoms with van der Waals surface area (Å²) in [4.78, 5) is 12.0. The Balaban J connectivity index is 2.08. The summed E-state index contributed by atoms with van der Waals surface area (Å²) >= 11 is 0. The fourth-order valence-corrected chi connectivity index (χ4v) is 4.12. The van der Waals surface area contributed by atoms with Crippen molar-refractivity contribution in [3.63, 3.8) is 0 Å². The molecular weight excluding hydrogens is 393 g/mol. The number of nitrogens with two attached hydrogens (primary N) is 1. The summed E-state index contributed by atoms with van der Waals surface area (Å²) in [6.45, 7) is 10.7. The summed E-state index contributed by atoms with van der Waals surface area (Å²) in [6.07, 6.45) is 3.60. The maximum atomic E-state index is 15.4. The average molecular weight is 426 g/mol. The highest BCUT2D eigenvalue weighted by Crippen LogP contribution is 2.45. The van der Waals surface area contributed by atoms with Crippen LogP contribution in [0.1, 0.15) is 66.0 Å². The van der Waals surface area contributed by atoms with Crippen molar-refractivity contribution in [1.82, 2.24) is 0 Å². The highest BCUT2D eigenvalue weighted by atomic mass is 19.1. The molecule has 31 heavy (non-hydrogen) atoms. The van der Waals surface area contributed by atoms with Crippen LogP contribution in [0, 0.1) is 19.7 Å². The topological polar surface area (TPSA) is 61.5 Å². The van der Waals surface area contributed by atoms with Gasteiger partial charge in [-0.3, -0.25) is 4.79 Å². The lowest BCUT2D eigenvalue weighted by atomic mass is 9.88. The highest BCUT2D eigenvalue weighted by Gasteiger charge is 2.30. The summed E-state index contributed by atoms with van der Waals surface area (Å²) in [5.41, 5.74) is 12.5. The van der Waals surface area contributed by atoms with Crippen LogP contribution in [0.5, 0.6) is 0 Å². The number of esters is 1. The molecule has 1 aliphatic carbocycles. The first-order chi connectivity index (χ1) is 14.8. The summed E-state index contributed by atoms with van der Waals surface area (Å²) in [5, 5.41) is 0. The molecule has 1 fully saturated rings. The summed E-state index contributed by atoms with van der Waals surface area (Å²) < 4.78 is 26.1. The number of hydrogen-bond donors (Lipinski definition) is 1. The summed E-state index contributed by atoms with van der Waals surface area (Å²) in [5.74, 6) is -0.505. The Morgan fingerprint density at radius 2 is 2.03 bits per heavy atom. The van der Waals surface area contributed by atoms with E-state index in [1.807, 2.05) is 6.07 Å². The zero-order valence-corrected chi connectivity index (χ0v) is 18.7. The van der Waals surface area contributed by atoms with Crippen molar-refractivity contribution in [3.05, 3.63) is 70.6 Å². The Labute approximate surface area is 184 Å². The molecule has 2 aromatic rings. The third kappa shape index (κ3) is 5.60. The smallest absolute Gasteiger partial charge is 0.307 e. The van der Waals surface area contributed by atoms with Crippen molar-refractivity contribution in [3.8, 4) is 11.1 Å². The van der Waals surface area contributed by atoms with Crippen LogP contribution in [0.4, 0.5) is 4.39 Å². The van der Waals surface area contributed by atoms with Crippen LogP contribution in [-0.4, -0.2) is 19.2 Å². The van der Waals surface area contributed by atoms with Gasteiger partial charge < -0.3 is 15.2 Å². The van der Waals surface area contributed by atoms with Gasteiger partial charge >= 0.3 is 5.97 Å². The standard InChI is InChI=1S/C26H32FNO3/c1-5-9-30-15-20-11-16(3)10-17(4)25(20)19-12-21(18-7-8-18)26(27)22(13-19)23(28)14-24(29)31-6-2/h5,10-13,18,23H,1,6-9,14-15,28H2,2-4H3/t23-/m0/s1. The quantitative estimate of drug-likeness (QED) is 0.304. The lowest BCUT2D eigenvalue weighted by Crippen LogP contribution is -2.19. The molecule has 0 aromatic heterocycles. The van der Waals surface area contributed by atoms with Crippen LogP contribution < -0.4 is 5.73 Å². The molecule has 0 radical (unpaired) electrons. The van der Waals surface area contributed by atoms with Gasteiger partial charge in [0, 0.05) is 11.6 Å². The predicted molar refractivity (Wildman–Crippen MR) is 121 cm³/mol. The monoisotopic (exact) mass is 425 g/mol. The van der Waals surface area contributed by atoms with Gasteiger partial charge in [0.25, 0.3) is 0 Å². The molecule has 2 aromatic carbocycles. The first-order valence-corrected chi connectivity index (χ1v) is 10.9. The van der Waals surface area contributed by atoms with E-state index < -0.39 is 12.0 Å². The van der Waals surface area contributed by atoms with E-state index in [1.54, 1.807) is 19.1 Å². The molecule has 4 nitrogen and oxygen atoms in total. The molecule has 0 heterocycles. The minimum Gasteiger partial charge on any atom is -0.466 e. The van der Waals surface area contributed by atoms with E-state index in [4.69, 9.17) is 15.2 Å². The predicted octanol–water partition coefficient (Wildman–Crippen LogP) is 5.64. The molecule has 0 aliphatic heterocycles. The van der Waals surface area contributed by atoms with Gasteiger partial charge in [0.2, 0.25) is 0 Å². The van der Waals surface area contributed by atoms with Gasteiger partial charge in [-0.1, -0.05) is 23.8 Å². The number of hydrogen-bond acceptors (Lipinski definition) is 4. The maximum Gasteiger partial charge on any atom is 0.307 e. The van der Waals surface area contributed by atoms with Gasteiger partial charge in [0.15, 0.2) is 0 Å². The van der Waals surface area contributed by atoms with Crippen LogP contribution in [0.25, 0.3) is 11.1 Å². The number of benzene rings is 2. The Kier molecular flexibility index (Phi) is 7.63. The number of carbonyl (C=O) groups is 1. The van der Waals surface area contributed by atoms with Crippen LogP contribution >= 0.6 is 0 Å². The number of ether oxygens (including phenoxy) is 2. The van der Waals surface area contributed by atoms with Gasteiger partial charge in [-0.25, -0.2) is 4.39 Å². The molecule has 1 saturated carbocycles. The zero-order valence-electron chi connectivity index (χ0n) is 18.7. The van der Waals surface area contributed by atoms with Crippen molar-refractivity contribution in [2.24, 2.45) is 5.73 Å². The molecule has 2 N–H and O–H groups in total. The summed E-state index contributed by atoms with van der Waals surface area (Å²) in [7, 11) is 0. The molecular formula is C26H32FNO3. The molecule has 3 rings (SSSR count). The van der Waals surface area contributed by atoms with Crippen LogP contribution in [-0.2, 0) is 20.9 Å². The Morgan fingerprint density at radius 3 is 2.68 bits per heavy atom. The molecule has 1 aliphatic rings. The number of carbonyl (C=O) groups excluding carboxylic acids is 1. The Morgan fingerprint density at radius 1 is 1.29 bits per heavy atom. The van der Waals surface area contributed by atoms with Crippen LogP contribution in [0.3, 0.4) is 0 Å². The second-order valence-electron chi connectivity index (χ2n) is 8.28. The van der Waals surface area contributed by atoms with E-state index in [1.165, 1.54) is 0 Å². The van der Waals surface area contributed by atoms with E-state index in [9.17, 15) is 4.79 Å². The largest absolute Gasteiger partial charge is 0.466 e. The Bertz CT molecular complexity index is 966. The first kappa shape index (κ1) is 23.2. The molecule has 5 heteroatoms. The van der Waals surface area contributed by atoms with Crippen molar-refractivity contribution < 1.29 is 18.7 Å². The van der Waals surface area contributed by atoms with Gasteiger partial charge in [-0.05, 0) is 79.5 Å². The highest BCUT2D eigenvalue weighted by molar-refractivity contribution is 5.74. The molecule has 0 bridgehead atoms. The first-order valence-electron chi connectivity index (χ1n) is 10.9. The minimum absolute atomic E-state index is 0.0551. The number of halogens is 1. The Hall–Kier alpha value is -2.50. The molecule has 0 unspecified atom stereocenters. The number of aryl methyl sites for hydroxylation is 2. The molecule has 0 saturated heterocycles. The second-order valence-corrected chi connectivity index (χ2v) is 8.28. The maximum absolute atomic E-state index is 15.4.